The van der Waals surface area contributed by atoms with Gasteiger partial charge < -0.3 is 14.2 Å². The molecule has 0 aliphatic rings. The Kier molecular flexibility index (Phi) is 4.80. The monoisotopic (exact) mass is 351 g/mol. The summed E-state index contributed by atoms with van der Waals surface area (Å²) in [5, 5.41) is 1.59. The number of nitrogens with zero attached hydrogens (tertiary/aromatic N) is 1. The highest BCUT2D eigenvalue weighted by molar-refractivity contribution is 6.15. The summed E-state index contributed by atoms with van der Waals surface area (Å²) in [6.07, 6.45) is 1.63. The summed E-state index contributed by atoms with van der Waals surface area (Å²) >= 11 is 0. The third-order valence-electron chi connectivity index (χ3n) is 4.41. The predicted octanol–water partition coefficient (Wildman–Crippen LogP) is 4.11. The smallest absolute Gasteiger partial charge is 0.211 e. The Bertz CT molecular complexity index is 972. The van der Waals surface area contributed by atoms with Crippen molar-refractivity contribution < 1.29 is 19.0 Å². The SMILES string of the molecule is COc1cc2ccnc(C(=O)c3cc(C)c(OC)c(C)c3)c2cc1OC. The molecule has 0 N–H and O–H groups in total. The molecule has 1 heterocycles. The first-order valence-electron chi connectivity index (χ1n) is 8.20. The number of carbonyl (C=O) groups is 1. The van der Waals surface area contributed by atoms with E-state index in [0.717, 1.165) is 27.6 Å². The molecular formula is C21H21NO4. The Labute approximate surface area is 152 Å². The minimum Gasteiger partial charge on any atom is -0.496 e. The lowest BCUT2D eigenvalue weighted by molar-refractivity contribution is 0.103. The van der Waals surface area contributed by atoms with E-state index in [1.54, 1.807) is 33.6 Å². The summed E-state index contributed by atoms with van der Waals surface area (Å²) in [7, 11) is 4.78. The summed E-state index contributed by atoms with van der Waals surface area (Å²) in [4.78, 5) is 17.5. The number of pyridine rings is 1. The quantitative estimate of drug-likeness (QED) is 0.648. The topological polar surface area (TPSA) is 57.7 Å². The number of ether oxygens (including phenoxy) is 3. The molecule has 2 aromatic carbocycles. The normalized spacial score (nSPS) is 10.7. The van der Waals surface area contributed by atoms with Crippen molar-refractivity contribution in [3.05, 3.63) is 58.9 Å². The minimum atomic E-state index is -0.142. The van der Waals surface area contributed by atoms with Crippen molar-refractivity contribution in [3.63, 3.8) is 0 Å². The summed E-state index contributed by atoms with van der Waals surface area (Å²) in [6, 6.07) is 9.14. The van der Waals surface area contributed by atoms with E-state index in [9.17, 15) is 4.79 Å². The number of benzene rings is 2. The Hall–Kier alpha value is -3.08. The molecule has 5 heteroatoms. The zero-order chi connectivity index (χ0) is 18.8. The van der Waals surface area contributed by atoms with Gasteiger partial charge in [0.2, 0.25) is 5.78 Å². The lowest BCUT2D eigenvalue weighted by atomic mass is 9.98. The molecule has 0 aliphatic heterocycles. The Morgan fingerprint density at radius 1 is 0.885 bits per heavy atom. The third kappa shape index (κ3) is 2.96. The summed E-state index contributed by atoms with van der Waals surface area (Å²) < 4.78 is 16.1. The van der Waals surface area contributed by atoms with Crippen molar-refractivity contribution in [2.45, 2.75) is 13.8 Å². The van der Waals surface area contributed by atoms with Crippen LogP contribution in [0.3, 0.4) is 0 Å². The maximum Gasteiger partial charge on any atom is 0.211 e. The molecule has 3 rings (SSSR count). The van der Waals surface area contributed by atoms with E-state index in [1.165, 1.54) is 0 Å². The van der Waals surface area contributed by atoms with Crippen LogP contribution in [0.1, 0.15) is 27.2 Å². The number of fused-ring (bicyclic) bond motifs is 1. The molecule has 0 radical (unpaired) electrons. The molecule has 0 amide bonds. The molecule has 0 aliphatic carbocycles. The van der Waals surface area contributed by atoms with Gasteiger partial charge in [-0.1, -0.05) is 0 Å². The summed E-state index contributed by atoms with van der Waals surface area (Å²) in [5.41, 5.74) is 2.79. The van der Waals surface area contributed by atoms with Crippen molar-refractivity contribution >= 4 is 16.6 Å². The van der Waals surface area contributed by atoms with Gasteiger partial charge in [-0.25, -0.2) is 0 Å². The van der Waals surface area contributed by atoms with E-state index in [2.05, 4.69) is 4.98 Å². The first-order valence-corrected chi connectivity index (χ1v) is 8.20. The number of ketones is 1. The van der Waals surface area contributed by atoms with Gasteiger partial charge in [0.1, 0.15) is 11.4 Å². The summed E-state index contributed by atoms with van der Waals surface area (Å²) in [5.74, 6) is 1.82. The van der Waals surface area contributed by atoms with Crippen molar-refractivity contribution in [1.29, 1.82) is 0 Å². The van der Waals surface area contributed by atoms with E-state index < -0.39 is 0 Å². The van der Waals surface area contributed by atoms with Crippen LogP contribution in [0.25, 0.3) is 10.8 Å². The molecule has 0 fully saturated rings. The first-order chi connectivity index (χ1) is 12.5. The van der Waals surface area contributed by atoms with Gasteiger partial charge in [0.25, 0.3) is 0 Å². The lowest BCUT2D eigenvalue weighted by Crippen LogP contribution is -2.07. The third-order valence-corrected chi connectivity index (χ3v) is 4.41. The molecule has 26 heavy (non-hydrogen) atoms. The fraction of sp³-hybridized carbons (Fsp3) is 0.238. The molecule has 0 saturated carbocycles. The predicted molar refractivity (Wildman–Crippen MR) is 101 cm³/mol. The van der Waals surface area contributed by atoms with E-state index in [-0.39, 0.29) is 5.78 Å². The Balaban J connectivity index is 2.17. The molecule has 3 aromatic rings. The number of aromatic nitrogens is 1. The average molecular weight is 351 g/mol. The maximum absolute atomic E-state index is 13.1. The molecular weight excluding hydrogens is 330 g/mol. The van der Waals surface area contributed by atoms with Gasteiger partial charge in [0.15, 0.2) is 11.5 Å². The largest absolute Gasteiger partial charge is 0.496 e. The molecule has 0 unspecified atom stereocenters. The lowest BCUT2D eigenvalue weighted by Gasteiger charge is -2.13. The maximum atomic E-state index is 13.1. The average Bonchev–Trinajstić information content (AvgIpc) is 2.65. The zero-order valence-electron chi connectivity index (χ0n) is 15.5. The Morgan fingerprint density at radius 2 is 1.50 bits per heavy atom. The van der Waals surface area contributed by atoms with Gasteiger partial charge in [-0.2, -0.15) is 0 Å². The molecule has 1 aromatic heterocycles. The van der Waals surface area contributed by atoms with Crippen molar-refractivity contribution in [3.8, 4) is 17.2 Å². The van der Waals surface area contributed by atoms with Crippen LogP contribution in [0, 0.1) is 13.8 Å². The van der Waals surface area contributed by atoms with Crippen LogP contribution in [-0.2, 0) is 0 Å². The zero-order valence-corrected chi connectivity index (χ0v) is 15.5. The molecule has 0 spiro atoms. The number of methoxy groups -OCH3 is 3. The van der Waals surface area contributed by atoms with E-state index in [4.69, 9.17) is 14.2 Å². The second kappa shape index (κ2) is 7.04. The van der Waals surface area contributed by atoms with E-state index >= 15 is 0 Å². The van der Waals surface area contributed by atoms with Gasteiger partial charge in [-0.3, -0.25) is 9.78 Å². The number of rotatable bonds is 5. The van der Waals surface area contributed by atoms with Crippen LogP contribution in [0.15, 0.2) is 36.5 Å². The second-order valence-corrected chi connectivity index (χ2v) is 6.06. The first kappa shape index (κ1) is 17.7. The van der Waals surface area contributed by atoms with Crippen molar-refractivity contribution in [2.75, 3.05) is 21.3 Å². The van der Waals surface area contributed by atoms with Crippen LogP contribution in [0.4, 0.5) is 0 Å². The van der Waals surface area contributed by atoms with Gasteiger partial charge >= 0.3 is 0 Å². The molecule has 0 bridgehead atoms. The van der Waals surface area contributed by atoms with Gasteiger partial charge in [-0.05, 0) is 60.7 Å². The van der Waals surface area contributed by atoms with Gasteiger partial charge in [0, 0.05) is 17.1 Å². The van der Waals surface area contributed by atoms with Gasteiger partial charge in [-0.15, -0.1) is 0 Å². The van der Waals surface area contributed by atoms with Crippen LogP contribution in [0.5, 0.6) is 17.2 Å². The van der Waals surface area contributed by atoms with Crippen LogP contribution in [-0.4, -0.2) is 32.1 Å². The molecule has 134 valence electrons. The number of aryl methyl sites for hydroxylation is 2. The highest BCUT2D eigenvalue weighted by atomic mass is 16.5. The standard InChI is InChI=1S/C21H21NO4/c1-12-8-15(9-13(2)21(12)26-5)20(23)19-16-11-18(25-4)17(24-3)10-14(16)6-7-22-19/h6-11H,1-5H3. The van der Waals surface area contributed by atoms with E-state index in [0.29, 0.717) is 22.8 Å². The molecule has 0 atom stereocenters. The van der Waals surface area contributed by atoms with Crippen LogP contribution >= 0.6 is 0 Å². The fourth-order valence-electron chi connectivity index (χ4n) is 3.22. The summed E-state index contributed by atoms with van der Waals surface area (Å²) in [6.45, 7) is 3.85. The number of carbonyl (C=O) groups excluding carboxylic acids is 1. The van der Waals surface area contributed by atoms with Crippen LogP contribution in [0.2, 0.25) is 0 Å². The van der Waals surface area contributed by atoms with Gasteiger partial charge in [0.05, 0.1) is 21.3 Å². The number of hydrogen-bond acceptors (Lipinski definition) is 5. The highest BCUT2D eigenvalue weighted by Gasteiger charge is 2.18. The number of hydrogen-bond donors (Lipinski definition) is 0. The molecule has 0 saturated heterocycles. The second-order valence-electron chi connectivity index (χ2n) is 6.06. The highest BCUT2D eigenvalue weighted by Crippen LogP contribution is 2.34. The van der Waals surface area contributed by atoms with Crippen molar-refractivity contribution in [2.24, 2.45) is 0 Å². The molecule has 5 nitrogen and oxygen atoms in total. The van der Waals surface area contributed by atoms with Crippen LogP contribution < -0.4 is 14.2 Å². The minimum absolute atomic E-state index is 0.142. The van der Waals surface area contributed by atoms with Crippen molar-refractivity contribution in [1.82, 2.24) is 4.98 Å². The Morgan fingerprint density at radius 3 is 2.08 bits per heavy atom. The van der Waals surface area contributed by atoms with E-state index in [1.807, 2.05) is 38.1 Å². The fourth-order valence-corrected chi connectivity index (χ4v) is 3.22.